The molecule has 1 aromatic carbocycles. The highest BCUT2D eigenvalue weighted by Gasteiger charge is 2.29. The van der Waals surface area contributed by atoms with Crippen LogP contribution in [0.2, 0.25) is 0 Å². The minimum atomic E-state index is -0.517. The molecule has 0 aliphatic rings. The molecule has 0 spiro atoms. The first kappa shape index (κ1) is 14.1. The van der Waals surface area contributed by atoms with Crippen molar-refractivity contribution in [2.45, 2.75) is 45.6 Å². The fraction of sp³-hybridized carbons (Fsp3) is 0.571. The van der Waals surface area contributed by atoms with Gasteiger partial charge in [0.15, 0.2) is 0 Å². The van der Waals surface area contributed by atoms with E-state index in [-0.39, 0.29) is 11.6 Å². The summed E-state index contributed by atoms with van der Waals surface area (Å²) in [5, 5.41) is 3.27. The lowest BCUT2D eigenvalue weighted by molar-refractivity contribution is 0.366. The largest absolute Gasteiger partial charge is 0.315 e. The maximum absolute atomic E-state index is 13.7. The Morgan fingerprint density at radius 3 is 2.24 bits per heavy atom. The van der Waals surface area contributed by atoms with E-state index in [4.69, 9.17) is 0 Å². The molecule has 0 saturated carbocycles. The normalized spacial score (nSPS) is 13.8. The van der Waals surface area contributed by atoms with Crippen LogP contribution in [0.3, 0.4) is 0 Å². The zero-order chi connectivity index (χ0) is 13.1. The van der Waals surface area contributed by atoms with Gasteiger partial charge >= 0.3 is 0 Å². The van der Waals surface area contributed by atoms with Gasteiger partial charge in [0, 0.05) is 11.6 Å². The molecule has 0 saturated heterocycles. The number of benzene rings is 1. The molecule has 0 aliphatic heterocycles. The molecule has 1 N–H and O–H groups in total. The molecule has 96 valence electrons. The van der Waals surface area contributed by atoms with Crippen LogP contribution in [0.1, 0.15) is 39.7 Å². The molecule has 1 rings (SSSR count). The van der Waals surface area contributed by atoms with Crippen LogP contribution in [0.25, 0.3) is 0 Å². The zero-order valence-electron chi connectivity index (χ0n) is 11.0. The molecule has 17 heavy (non-hydrogen) atoms. The van der Waals surface area contributed by atoms with Gasteiger partial charge < -0.3 is 5.32 Å². The molecule has 0 aliphatic carbocycles. The van der Waals surface area contributed by atoms with Crippen molar-refractivity contribution in [3.8, 4) is 0 Å². The van der Waals surface area contributed by atoms with Crippen molar-refractivity contribution in [2.75, 3.05) is 6.54 Å². The van der Waals surface area contributed by atoms with Crippen LogP contribution in [-0.4, -0.2) is 12.6 Å². The van der Waals surface area contributed by atoms with Crippen molar-refractivity contribution in [3.63, 3.8) is 0 Å². The Balaban J connectivity index is 2.96. The Hall–Kier alpha value is -0.960. The maximum atomic E-state index is 13.7. The lowest BCUT2D eigenvalue weighted by Crippen LogP contribution is -2.34. The van der Waals surface area contributed by atoms with Crippen LogP contribution >= 0.6 is 0 Å². The van der Waals surface area contributed by atoms with E-state index in [0.29, 0.717) is 6.42 Å². The summed E-state index contributed by atoms with van der Waals surface area (Å²) < 4.78 is 27.4. The van der Waals surface area contributed by atoms with Crippen LogP contribution in [0.15, 0.2) is 18.2 Å². The van der Waals surface area contributed by atoms with Gasteiger partial charge in [-0.3, -0.25) is 0 Å². The van der Waals surface area contributed by atoms with Crippen molar-refractivity contribution >= 4 is 0 Å². The standard InChI is InChI=1S/C14H21F2N/c1-5-17-10(2)9-14(3,4)13-11(15)7-6-8-12(13)16/h6-8,10,17H,5,9H2,1-4H3. The summed E-state index contributed by atoms with van der Waals surface area (Å²) >= 11 is 0. The van der Waals surface area contributed by atoms with E-state index < -0.39 is 17.0 Å². The molecule has 1 atom stereocenters. The zero-order valence-corrected chi connectivity index (χ0v) is 11.0. The van der Waals surface area contributed by atoms with E-state index in [9.17, 15) is 8.78 Å². The molecule has 0 aromatic heterocycles. The lowest BCUT2D eigenvalue weighted by Gasteiger charge is -2.29. The van der Waals surface area contributed by atoms with Gasteiger partial charge in [0.25, 0.3) is 0 Å². The minimum Gasteiger partial charge on any atom is -0.315 e. The van der Waals surface area contributed by atoms with Gasteiger partial charge in [-0.15, -0.1) is 0 Å². The van der Waals surface area contributed by atoms with Gasteiger partial charge in [0.1, 0.15) is 11.6 Å². The summed E-state index contributed by atoms with van der Waals surface area (Å²) in [4.78, 5) is 0. The summed E-state index contributed by atoms with van der Waals surface area (Å²) in [6.45, 7) is 8.67. The maximum Gasteiger partial charge on any atom is 0.129 e. The van der Waals surface area contributed by atoms with Crippen LogP contribution in [-0.2, 0) is 5.41 Å². The smallest absolute Gasteiger partial charge is 0.129 e. The van der Waals surface area contributed by atoms with E-state index in [1.807, 2.05) is 27.7 Å². The Labute approximate surface area is 102 Å². The second-order valence-corrected chi connectivity index (χ2v) is 5.14. The Morgan fingerprint density at radius 1 is 1.24 bits per heavy atom. The monoisotopic (exact) mass is 241 g/mol. The molecule has 0 amide bonds. The third kappa shape index (κ3) is 3.50. The van der Waals surface area contributed by atoms with Gasteiger partial charge in [-0.05, 0) is 37.4 Å². The van der Waals surface area contributed by atoms with Crippen molar-refractivity contribution in [1.82, 2.24) is 5.32 Å². The Kier molecular flexibility index (Phi) is 4.63. The summed E-state index contributed by atoms with van der Waals surface area (Å²) in [5.74, 6) is -0.919. The summed E-state index contributed by atoms with van der Waals surface area (Å²) in [6, 6.07) is 4.27. The highest BCUT2D eigenvalue weighted by molar-refractivity contribution is 5.27. The van der Waals surface area contributed by atoms with E-state index in [0.717, 1.165) is 6.54 Å². The van der Waals surface area contributed by atoms with Gasteiger partial charge in [-0.2, -0.15) is 0 Å². The van der Waals surface area contributed by atoms with Gasteiger partial charge in [-0.25, -0.2) is 8.78 Å². The molecule has 3 heteroatoms. The predicted octanol–water partition coefficient (Wildman–Crippen LogP) is 3.63. The van der Waals surface area contributed by atoms with Crippen LogP contribution in [0.5, 0.6) is 0 Å². The number of rotatable bonds is 5. The van der Waals surface area contributed by atoms with Crippen molar-refractivity contribution < 1.29 is 8.78 Å². The molecular formula is C14H21F2N. The average molecular weight is 241 g/mol. The van der Waals surface area contributed by atoms with E-state index >= 15 is 0 Å². The number of hydrogen-bond donors (Lipinski definition) is 1. The summed E-state index contributed by atoms with van der Waals surface area (Å²) in [5.41, 5.74) is -0.332. The summed E-state index contributed by atoms with van der Waals surface area (Å²) in [7, 11) is 0. The van der Waals surface area contributed by atoms with Crippen molar-refractivity contribution in [2.24, 2.45) is 0 Å². The first-order valence-electron chi connectivity index (χ1n) is 6.06. The third-order valence-electron chi connectivity index (χ3n) is 3.01. The van der Waals surface area contributed by atoms with Gasteiger partial charge in [-0.1, -0.05) is 26.8 Å². The Bertz CT molecular complexity index is 354. The fourth-order valence-electron chi connectivity index (χ4n) is 2.43. The predicted molar refractivity (Wildman–Crippen MR) is 67.1 cm³/mol. The second-order valence-electron chi connectivity index (χ2n) is 5.14. The van der Waals surface area contributed by atoms with Crippen LogP contribution in [0, 0.1) is 11.6 Å². The molecule has 0 heterocycles. The van der Waals surface area contributed by atoms with E-state index in [2.05, 4.69) is 5.32 Å². The second kappa shape index (κ2) is 5.58. The minimum absolute atomic E-state index is 0.185. The first-order chi connectivity index (χ1) is 7.88. The highest BCUT2D eigenvalue weighted by Crippen LogP contribution is 2.32. The van der Waals surface area contributed by atoms with Crippen molar-refractivity contribution in [3.05, 3.63) is 35.4 Å². The number of halogens is 2. The quantitative estimate of drug-likeness (QED) is 0.830. The molecular weight excluding hydrogens is 220 g/mol. The van der Waals surface area contributed by atoms with E-state index in [1.54, 1.807) is 0 Å². The average Bonchev–Trinajstić information content (AvgIpc) is 2.15. The fourth-order valence-corrected chi connectivity index (χ4v) is 2.43. The molecule has 0 bridgehead atoms. The number of hydrogen-bond acceptors (Lipinski definition) is 1. The topological polar surface area (TPSA) is 12.0 Å². The SMILES string of the molecule is CCNC(C)CC(C)(C)c1c(F)cccc1F. The van der Waals surface area contributed by atoms with Crippen LogP contribution < -0.4 is 5.32 Å². The third-order valence-corrected chi connectivity index (χ3v) is 3.01. The van der Waals surface area contributed by atoms with Gasteiger partial charge in [0.2, 0.25) is 0 Å². The molecule has 1 unspecified atom stereocenters. The molecule has 0 fully saturated rings. The van der Waals surface area contributed by atoms with E-state index in [1.165, 1.54) is 18.2 Å². The lowest BCUT2D eigenvalue weighted by atomic mass is 9.78. The number of nitrogens with one attached hydrogen (secondary N) is 1. The molecule has 1 aromatic rings. The van der Waals surface area contributed by atoms with Gasteiger partial charge in [0.05, 0.1) is 0 Å². The first-order valence-corrected chi connectivity index (χ1v) is 6.06. The molecule has 1 nitrogen and oxygen atoms in total. The molecule has 0 radical (unpaired) electrons. The highest BCUT2D eigenvalue weighted by atomic mass is 19.1. The summed E-state index contributed by atoms with van der Waals surface area (Å²) in [6.07, 6.45) is 0.693. The Morgan fingerprint density at radius 2 is 1.76 bits per heavy atom. The van der Waals surface area contributed by atoms with Crippen molar-refractivity contribution in [1.29, 1.82) is 0 Å². The van der Waals surface area contributed by atoms with Crippen LogP contribution in [0.4, 0.5) is 8.78 Å².